The summed E-state index contributed by atoms with van der Waals surface area (Å²) in [6, 6.07) is 3.47. The number of carbonyl (C=O) groups is 1. The summed E-state index contributed by atoms with van der Waals surface area (Å²) < 4.78 is 11.3. The van der Waals surface area contributed by atoms with Gasteiger partial charge in [0.05, 0.1) is 36.3 Å². The van der Waals surface area contributed by atoms with Crippen molar-refractivity contribution in [2.45, 2.75) is 32.1 Å². The summed E-state index contributed by atoms with van der Waals surface area (Å²) >= 11 is 1.10. The number of aliphatic hydroxyl groups is 2. The number of hydrogen-bond acceptors (Lipinski definition) is 9. The number of thiophene rings is 1. The van der Waals surface area contributed by atoms with E-state index in [1.165, 1.54) is 4.90 Å². The topological polar surface area (TPSA) is 127 Å². The second-order valence-electron chi connectivity index (χ2n) is 8.54. The van der Waals surface area contributed by atoms with Crippen LogP contribution in [0.3, 0.4) is 0 Å². The van der Waals surface area contributed by atoms with Crippen LogP contribution in [0.1, 0.15) is 34.2 Å². The van der Waals surface area contributed by atoms with Crippen molar-refractivity contribution in [2.75, 3.05) is 32.6 Å². The molecule has 0 bridgehead atoms. The third kappa shape index (κ3) is 3.69. The first-order valence-electron chi connectivity index (χ1n) is 9.92. The molecule has 9 nitrogen and oxygen atoms in total. The van der Waals surface area contributed by atoms with Crippen LogP contribution in [-0.4, -0.2) is 65.6 Å². The Morgan fingerprint density at radius 3 is 2.48 bits per heavy atom. The average Bonchev–Trinajstić information content (AvgIpc) is 3.30. The molecule has 1 fully saturated rings. The van der Waals surface area contributed by atoms with Crippen LogP contribution in [0.5, 0.6) is 5.75 Å². The summed E-state index contributed by atoms with van der Waals surface area (Å²) in [6.07, 6.45) is -2.27. The molecule has 2 aromatic rings. The largest absolute Gasteiger partial charge is 0.504 e. The molecule has 31 heavy (non-hydrogen) atoms. The molecule has 1 aliphatic heterocycles. The van der Waals surface area contributed by atoms with Gasteiger partial charge in [0.25, 0.3) is 5.91 Å². The molecule has 5 N–H and O–H groups in total. The van der Waals surface area contributed by atoms with Gasteiger partial charge in [-0.2, -0.15) is 0 Å². The molecule has 10 heteroatoms. The van der Waals surface area contributed by atoms with Gasteiger partial charge in [-0.1, -0.05) is 6.92 Å². The number of aromatic hydroxyl groups is 1. The number of carbonyl (C=O) groups excluding carboxylic acids is 1. The van der Waals surface area contributed by atoms with Crippen molar-refractivity contribution in [2.24, 2.45) is 5.41 Å². The van der Waals surface area contributed by atoms with Gasteiger partial charge in [0.2, 0.25) is 0 Å². The Morgan fingerprint density at radius 1 is 1.26 bits per heavy atom. The standard InChI is InChI=1S/C21H27N3O6S/c1-10-5-6-12(30-10)19(21(2)8-29-9-21)23-14-13(16(26)17(14)27)22-11-7-31-18(15(11)25)20(28)24(3)4/h5-7,16-17,19,22-23,25-27H,8-9H2,1-4H3/t16?,17?,19-/m0/s1. The van der Waals surface area contributed by atoms with E-state index in [0.29, 0.717) is 36.1 Å². The Balaban J connectivity index is 1.62. The fourth-order valence-electron chi connectivity index (χ4n) is 3.73. The highest BCUT2D eigenvalue weighted by molar-refractivity contribution is 7.13. The van der Waals surface area contributed by atoms with E-state index in [9.17, 15) is 20.1 Å². The number of ether oxygens (including phenoxy) is 1. The lowest BCUT2D eigenvalue weighted by atomic mass is 9.78. The van der Waals surface area contributed by atoms with Gasteiger partial charge in [-0.3, -0.25) is 4.79 Å². The zero-order chi connectivity index (χ0) is 22.5. The van der Waals surface area contributed by atoms with Crippen LogP contribution in [0.15, 0.2) is 33.3 Å². The summed E-state index contributed by atoms with van der Waals surface area (Å²) in [5.41, 5.74) is 0.782. The van der Waals surface area contributed by atoms with Crippen molar-refractivity contribution in [3.05, 3.63) is 45.3 Å². The molecule has 3 heterocycles. The van der Waals surface area contributed by atoms with Gasteiger partial charge in [0.1, 0.15) is 28.6 Å². The highest BCUT2D eigenvalue weighted by atomic mass is 32.1. The fraction of sp³-hybridized carbons (Fsp3) is 0.476. The zero-order valence-electron chi connectivity index (χ0n) is 17.8. The first-order valence-corrected chi connectivity index (χ1v) is 10.8. The maximum absolute atomic E-state index is 12.2. The Bertz CT molecular complexity index is 1020. The van der Waals surface area contributed by atoms with Crippen LogP contribution in [-0.2, 0) is 4.74 Å². The van der Waals surface area contributed by atoms with E-state index in [4.69, 9.17) is 9.15 Å². The van der Waals surface area contributed by atoms with E-state index < -0.39 is 12.2 Å². The molecule has 0 spiro atoms. The summed E-state index contributed by atoms with van der Waals surface area (Å²) in [6.45, 7) is 4.98. The Morgan fingerprint density at radius 2 is 1.94 bits per heavy atom. The number of hydrogen-bond donors (Lipinski definition) is 5. The van der Waals surface area contributed by atoms with Crippen LogP contribution in [0.4, 0.5) is 5.69 Å². The smallest absolute Gasteiger partial charge is 0.267 e. The lowest BCUT2D eigenvalue weighted by molar-refractivity contribution is -0.125. The van der Waals surface area contributed by atoms with E-state index in [1.807, 2.05) is 19.1 Å². The fourth-order valence-corrected chi connectivity index (χ4v) is 4.64. The second kappa shape index (κ2) is 7.86. The molecule has 2 aromatic heterocycles. The van der Waals surface area contributed by atoms with Crippen LogP contribution >= 0.6 is 11.3 Å². The predicted molar refractivity (Wildman–Crippen MR) is 115 cm³/mol. The number of nitrogens with zero attached hydrogens (tertiary/aromatic N) is 1. The van der Waals surface area contributed by atoms with Crippen molar-refractivity contribution >= 4 is 22.9 Å². The quantitative estimate of drug-likeness (QED) is 0.433. The molecule has 4 rings (SSSR count). The number of furan rings is 1. The van der Waals surface area contributed by atoms with Gasteiger partial charge in [0, 0.05) is 24.9 Å². The van der Waals surface area contributed by atoms with Crippen molar-refractivity contribution in [3.63, 3.8) is 0 Å². The van der Waals surface area contributed by atoms with E-state index >= 15 is 0 Å². The lowest BCUT2D eigenvalue weighted by Crippen LogP contribution is -2.55. The highest BCUT2D eigenvalue weighted by Crippen LogP contribution is 2.44. The van der Waals surface area contributed by atoms with Crippen molar-refractivity contribution in [1.29, 1.82) is 0 Å². The Hall–Kier alpha value is -2.53. The number of nitrogens with one attached hydrogen (secondary N) is 2. The predicted octanol–water partition coefficient (Wildman–Crippen LogP) is 1.78. The zero-order valence-corrected chi connectivity index (χ0v) is 18.6. The third-order valence-corrected chi connectivity index (χ3v) is 6.68. The van der Waals surface area contributed by atoms with Gasteiger partial charge >= 0.3 is 0 Å². The second-order valence-corrected chi connectivity index (χ2v) is 9.42. The van der Waals surface area contributed by atoms with Crippen molar-refractivity contribution in [1.82, 2.24) is 10.2 Å². The SMILES string of the molecule is Cc1ccc([C@H](NC2=C(Nc3csc(C(=O)N(C)C)c3O)C(O)C2O)C2(C)COC2)o1. The highest BCUT2D eigenvalue weighted by Gasteiger charge is 2.47. The average molecular weight is 450 g/mol. The minimum absolute atomic E-state index is 0.193. The van der Waals surface area contributed by atoms with Crippen molar-refractivity contribution < 1.29 is 29.3 Å². The minimum atomic E-state index is -1.15. The monoisotopic (exact) mass is 449 g/mol. The number of anilines is 1. The lowest BCUT2D eigenvalue weighted by Gasteiger charge is -2.46. The Labute approximate surface area is 183 Å². The molecule has 0 aromatic carbocycles. The molecule has 168 valence electrons. The number of aliphatic hydroxyl groups excluding tert-OH is 2. The molecule has 2 aliphatic rings. The third-order valence-electron chi connectivity index (χ3n) is 5.72. The normalized spacial score (nSPS) is 23.0. The number of amides is 1. The maximum atomic E-state index is 12.2. The van der Waals surface area contributed by atoms with Gasteiger partial charge in [-0.15, -0.1) is 11.3 Å². The molecule has 1 saturated heterocycles. The van der Waals surface area contributed by atoms with Gasteiger partial charge in [-0.05, 0) is 19.1 Å². The molecule has 0 saturated carbocycles. The summed E-state index contributed by atoms with van der Waals surface area (Å²) in [4.78, 5) is 13.8. The van der Waals surface area contributed by atoms with Crippen LogP contribution < -0.4 is 10.6 Å². The van der Waals surface area contributed by atoms with Crippen molar-refractivity contribution in [3.8, 4) is 5.75 Å². The van der Waals surface area contributed by atoms with Crippen LogP contribution in [0, 0.1) is 12.3 Å². The van der Waals surface area contributed by atoms with E-state index in [1.54, 1.807) is 19.5 Å². The molecule has 3 atom stereocenters. The molecule has 2 unspecified atom stereocenters. The molecule has 0 radical (unpaired) electrons. The number of aryl methyl sites for hydroxylation is 1. The van der Waals surface area contributed by atoms with Gasteiger partial charge in [-0.25, -0.2) is 0 Å². The summed E-state index contributed by atoms with van der Waals surface area (Å²) in [7, 11) is 3.21. The van der Waals surface area contributed by atoms with Crippen LogP contribution in [0.2, 0.25) is 0 Å². The first kappa shape index (κ1) is 21.7. The molecule has 1 aliphatic carbocycles. The van der Waals surface area contributed by atoms with Gasteiger partial charge < -0.3 is 40.0 Å². The molecule has 1 amide bonds. The summed E-state index contributed by atoms with van der Waals surface area (Å²) in [5.74, 6) is 0.972. The van der Waals surface area contributed by atoms with Gasteiger partial charge in [0.15, 0.2) is 5.75 Å². The maximum Gasteiger partial charge on any atom is 0.267 e. The summed E-state index contributed by atoms with van der Waals surface area (Å²) in [5, 5.41) is 39.2. The molecular formula is C21H27N3O6S. The van der Waals surface area contributed by atoms with Crippen LogP contribution in [0.25, 0.3) is 0 Å². The number of rotatable bonds is 7. The first-order chi connectivity index (χ1) is 14.6. The Kier molecular flexibility index (Phi) is 5.50. The molecular weight excluding hydrogens is 422 g/mol. The van der Waals surface area contributed by atoms with E-state index in [-0.39, 0.29) is 28.0 Å². The van der Waals surface area contributed by atoms with E-state index in [0.717, 1.165) is 17.1 Å². The minimum Gasteiger partial charge on any atom is -0.504 e. The van der Waals surface area contributed by atoms with E-state index in [2.05, 4.69) is 17.6 Å².